The molecule has 0 saturated heterocycles. The van der Waals surface area contributed by atoms with Crippen molar-refractivity contribution in [2.45, 2.75) is 24.7 Å². The molecule has 0 saturated carbocycles. The highest BCUT2D eigenvalue weighted by molar-refractivity contribution is 8.01. The van der Waals surface area contributed by atoms with Crippen molar-refractivity contribution in [3.8, 4) is 0 Å². The van der Waals surface area contributed by atoms with Crippen molar-refractivity contribution >= 4 is 28.2 Å². The number of nitrogens with one attached hydrogen (secondary N) is 1. The van der Waals surface area contributed by atoms with Crippen LogP contribution in [0.1, 0.15) is 19.6 Å². The molecule has 0 spiro atoms. The first-order valence-electron chi connectivity index (χ1n) is 5.46. The summed E-state index contributed by atoms with van der Waals surface area (Å²) in [6.07, 6.45) is 1.67. The Kier molecular flexibility index (Phi) is 4.44. The van der Waals surface area contributed by atoms with Crippen LogP contribution in [-0.4, -0.2) is 16.0 Å². The molecule has 0 aliphatic carbocycles. The van der Waals surface area contributed by atoms with Crippen LogP contribution in [-0.2, 0) is 6.54 Å². The standard InChI is InChI=1S/C11H15N3OS2/c1-8(2)7-16-11-14-13-10(17-11)12-6-9-4-3-5-15-9/h3-5,8H,6-7H2,1-2H3,(H,12,13). The van der Waals surface area contributed by atoms with Gasteiger partial charge >= 0.3 is 0 Å². The van der Waals surface area contributed by atoms with Crippen molar-refractivity contribution < 1.29 is 4.42 Å². The van der Waals surface area contributed by atoms with Gasteiger partial charge < -0.3 is 9.73 Å². The lowest BCUT2D eigenvalue weighted by atomic mass is 10.3. The normalized spacial score (nSPS) is 11.0. The lowest BCUT2D eigenvalue weighted by Crippen LogP contribution is -1.96. The Labute approximate surface area is 109 Å². The molecule has 0 unspecified atom stereocenters. The van der Waals surface area contributed by atoms with E-state index in [1.165, 1.54) is 0 Å². The second-order valence-corrected chi connectivity index (χ2v) is 6.26. The second kappa shape index (κ2) is 6.07. The van der Waals surface area contributed by atoms with E-state index in [1.54, 1.807) is 29.4 Å². The number of hydrogen-bond donors (Lipinski definition) is 1. The maximum atomic E-state index is 5.23. The van der Waals surface area contributed by atoms with E-state index in [0.717, 1.165) is 21.0 Å². The van der Waals surface area contributed by atoms with Gasteiger partial charge in [-0.05, 0) is 18.1 Å². The van der Waals surface area contributed by atoms with Crippen molar-refractivity contribution in [3.63, 3.8) is 0 Å². The third-order valence-electron chi connectivity index (χ3n) is 1.94. The highest BCUT2D eigenvalue weighted by atomic mass is 32.2. The minimum atomic E-state index is 0.649. The summed E-state index contributed by atoms with van der Waals surface area (Å²) in [4.78, 5) is 0. The molecule has 2 aromatic rings. The van der Waals surface area contributed by atoms with Crippen LogP contribution in [0.4, 0.5) is 5.13 Å². The predicted molar refractivity (Wildman–Crippen MR) is 71.5 cm³/mol. The average molecular weight is 269 g/mol. The molecule has 17 heavy (non-hydrogen) atoms. The summed E-state index contributed by atoms with van der Waals surface area (Å²) in [5.41, 5.74) is 0. The zero-order valence-corrected chi connectivity index (χ0v) is 11.5. The molecule has 0 bridgehead atoms. The summed E-state index contributed by atoms with van der Waals surface area (Å²) in [5.74, 6) is 2.65. The lowest BCUT2D eigenvalue weighted by molar-refractivity contribution is 0.518. The van der Waals surface area contributed by atoms with Gasteiger partial charge in [-0.15, -0.1) is 10.2 Å². The predicted octanol–water partition coefficient (Wildman–Crippen LogP) is 3.49. The highest BCUT2D eigenvalue weighted by Crippen LogP contribution is 2.27. The molecule has 0 aromatic carbocycles. The Morgan fingerprint density at radius 3 is 3.06 bits per heavy atom. The molecule has 1 N–H and O–H groups in total. The van der Waals surface area contributed by atoms with Gasteiger partial charge in [0.25, 0.3) is 0 Å². The van der Waals surface area contributed by atoms with Gasteiger partial charge in [0.15, 0.2) is 4.34 Å². The minimum absolute atomic E-state index is 0.649. The Hall–Kier alpha value is -1.01. The number of aromatic nitrogens is 2. The minimum Gasteiger partial charge on any atom is -0.467 e. The topological polar surface area (TPSA) is 51.0 Å². The first kappa shape index (κ1) is 12.4. The monoisotopic (exact) mass is 269 g/mol. The van der Waals surface area contributed by atoms with Gasteiger partial charge in [0, 0.05) is 5.75 Å². The molecule has 0 aliphatic rings. The summed E-state index contributed by atoms with van der Waals surface area (Å²) >= 11 is 3.34. The van der Waals surface area contributed by atoms with Crippen LogP contribution in [0, 0.1) is 5.92 Å². The quantitative estimate of drug-likeness (QED) is 0.813. The van der Waals surface area contributed by atoms with Crippen LogP contribution in [0.25, 0.3) is 0 Å². The van der Waals surface area contributed by atoms with Gasteiger partial charge in [-0.1, -0.05) is 36.9 Å². The molecule has 2 aromatic heterocycles. The molecule has 2 heterocycles. The molecule has 6 heteroatoms. The number of hydrogen-bond acceptors (Lipinski definition) is 6. The van der Waals surface area contributed by atoms with Crippen LogP contribution >= 0.6 is 23.1 Å². The van der Waals surface area contributed by atoms with E-state index in [9.17, 15) is 0 Å². The maximum absolute atomic E-state index is 5.23. The smallest absolute Gasteiger partial charge is 0.206 e. The lowest BCUT2D eigenvalue weighted by Gasteiger charge is -1.99. The number of thioether (sulfide) groups is 1. The van der Waals surface area contributed by atoms with Crippen molar-refractivity contribution in [3.05, 3.63) is 24.2 Å². The van der Waals surface area contributed by atoms with E-state index in [0.29, 0.717) is 12.5 Å². The van der Waals surface area contributed by atoms with E-state index < -0.39 is 0 Å². The third kappa shape index (κ3) is 4.05. The third-order valence-corrected chi connectivity index (χ3v) is 4.38. The second-order valence-electron chi connectivity index (χ2n) is 4.01. The first-order valence-corrected chi connectivity index (χ1v) is 7.27. The van der Waals surface area contributed by atoms with Gasteiger partial charge in [0.1, 0.15) is 5.76 Å². The van der Waals surface area contributed by atoms with E-state index in [2.05, 4.69) is 29.4 Å². The number of rotatable bonds is 6. The summed E-state index contributed by atoms with van der Waals surface area (Å²) in [7, 11) is 0. The van der Waals surface area contributed by atoms with Crippen LogP contribution < -0.4 is 5.32 Å². The average Bonchev–Trinajstić information content (AvgIpc) is 2.95. The zero-order chi connectivity index (χ0) is 12.1. The van der Waals surface area contributed by atoms with E-state index in [-0.39, 0.29) is 0 Å². The van der Waals surface area contributed by atoms with Crippen molar-refractivity contribution in [1.82, 2.24) is 10.2 Å². The fraction of sp³-hybridized carbons (Fsp3) is 0.455. The largest absolute Gasteiger partial charge is 0.467 e. The number of furan rings is 1. The van der Waals surface area contributed by atoms with Gasteiger partial charge in [0.2, 0.25) is 5.13 Å². The summed E-state index contributed by atoms with van der Waals surface area (Å²) in [6.45, 7) is 5.05. The molecule has 4 nitrogen and oxygen atoms in total. The Bertz CT molecular complexity index is 439. The first-order chi connectivity index (χ1) is 8.24. The van der Waals surface area contributed by atoms with E-state index in [4.69, 9.17) is 4.42 Å². The molecule has 92 valence electrons. The van der Waals surface area contributed by atoms with Crippen LogP contribution in [0.15, 0.2) is 27.2 Å². The van der Waals surface area contributed by atoms with Crippen LogP contribution in [0.3, 0.4) is 0 Å². The SMILES string of the molecule is CC(C)CSc1nnc(NCc2ccco2)s1. The van der Waals surface area contributed by atoms with Crippen LogP contribution in [0.2, 0.25) is 0 Å². The molecule has 2 rings (SSSR count). The van der Waals surface area contributed by atoms with Gasteiger partial charge in [-0.2, -0.15) is 0 Å². The highest BCUT2D eigenvalue weighted by Gasteiger charge is 2.06. The summed E-state index contributed by atoms with van der Waals surface area (Å²) in [5, 5.41) is 12.2. The zero-order valence-electron chi connectivity index (χ0n) is 9.84. The molecular formula is C11H15N3OS2. The van der Waals surface area contributed by atoms with E-state index in [1.807, 2.05) is 12.1 Å². The molecular weight excluding hydrogens is 254 g/mol. The molecule has 0 atom stereocenters. The van der Waals surface area contributed by atoms with Crippen molar-refractivity contribution in [2.24, 2.45) is 5.92 Å². The fourth-order valence-corrected chi connectivity index (χ4v) is 2.88. The van der Waals surface area contributed by atoms with Crippen molar-refractivity contribution in [1.29, 1.82) is 0 Å². The maximum Gasteiger partial charge on any atom is 0.206 e. The Morgan fingerprint density at radius 1 is 1.47 bits per heavy atom. The van der Waals surface area contributed by atoms with Gasteiger partial charge in [0.05, 0.1) is 12.8 Å². The molecule has 0 radical (unpaired) electrons. The summed E-state index contributed by atoms with van der Waals surface area (Å²) < 4.78 is 6.24. The van der Waals surface area contributed by atoms with Crippen molar-refractivity contribution in [2.75, 3.05) is 11.1 Å². The van der Waals surface area contributed by atoms with Gasteiger partial charge in [-0.25, -0.2) is 0 Å². The Morgan fingerprint density at radius 2 is 2.35 bits per heavy atom. The van der Waals surface area contributed by atoms with Gasteiger partial charge in [-0.3, -0.25) is 0 Å². The Balaban J connectivity index is 1.81. The van der Waals surface area contributed by atoms with E-state index >= 15 is 0 Å². The molecule has 0 amide bonds. The molecule has 0 fully saturated rings. The van der Waals surface area contributed by atoms with Crippen LogP contribution in [0.5, 0.6) is 0 Å². The number of anilines is 1. The summed E-state index contributed by atoms with van der Waals surface area (Å²) in [6, 6.07) is 3.81. The number of nitrogens with zero attached hydrogens (tertiary/aromatic N) is 2. The fourth-order valence-electron chi connectivity index (χ4n) is 1.15. The molecule has 0 aliphatic heterocycles.